The molecule has 0 aliphatic carbocycles. The van der Waals surface area contributed by atoms with Crippen molar-refractivity contribution in [3.05, 3.63) is 88.7 Å². The third-order valence-electron chi connectivity index (χ3n) is 8.49. The van der Waals surface area contributed by atoms with Gasteiger partial charge in [-0.3, -0.25) is 9.59 Å². The maximum atomic E-state index is 11.5. The van der Waals surface area contributed by atoms with Crippen LogP contribution in [0.25, 0.3) is 24.3 Å². The third kappa shape index (κ3) is 6.53. The fraction of sp³-hybridized carbons (Fsp3) is 0.353. The molecule has 0 spiro atoms. The number of carboxylic acid groups (broad SMARTS) is 2. The molecule has 0 saturated heterocycles. The molecule has 239 valence electrons. The molecule has 5 heterocycles. The SMILES string of the molecule is Cc1c2[n-]c(c1CCC(=O)O)/C=c1\[n-]/c(c(C)c1CCC(=O)O)=C\c1[n-]c(c(C)c1C(C)O)/C=c1\[n-]/c(c(C)c1C(C)O)=C\2.[Mn]. The largest absolute Gasteiger partial charge is 0.657 e. The Hall–Kier alpha value is -4.02. The Bertz CT molecular complexity index is 2040. The van der Waals surface area contributed by atoms with Crippen molar-refractivity contribution in [3.63, 3.8) is 0 Å². The van der Waals surface area contributed by atoms with Crippen molar-refractivity contribution in [2.45, 2.75) is 79.4 Å². The Balaban J connectivity index is 0.00000461. The number of hydrogen-bond acceptors (Lipinski definition) is 4. The van der Waals surface area contributed by atoms with E-state index in [-0.39, 0.29) is 42.8 Å². The summed E-state index contributed by atoms with van der Waals surface area (Å²) in [6.07, 6.45) is 5.93. The Morgan fingerprint density at radius 3 is 1.64 bits per heavy atom. The van der Waals surface area contributed by atoms with Crippen LogP contribution in [0.4, 0.5) is 0 Å². The number of nitrogens with zero attached hydrogens (tertiary/aromatic N) is 4. The molecule has 8 bridgehead atoms. The first-order valence-electron chi connectivity index (χ1n) is 14.6. The number of carbonyl (C=O) groups is 2. The number of aromatic nitrogens is 4. The number of aliphatic hydroxyl groups is 2. The van der Waals surface area contributed by atoms with Gasteiger partial charge < -0.3 is 40.4 Å². The summed E-state index contributed by atoms with van der Waals surface area (Å²) in [7, 11) is 0. The van der Waals surface area contributed by atoms with Gasteiger partial charge in [0.2, 0.25) is 0 Å². The van der Waals surface area contributed by atoms with Gasteiger partial charge in [-0.15, -0.1) is 44.2 Å². The van der Waals surface area contributed by atoms with Crippen molar-refractivity contribution in [3.8, 4) is 0 Å². The molecule has 5 rings (SSSR count). The molecule has 10 nitrogen and oxygen atoms in total. The average Bonchev–Trinajstić information content (AvgIpc) is 3.59. The Morgan fingerprint density at radius 2 is 1.04 bits per heavy atom. The second-order valence-electron chi connectivity index (χ2n) is 11.5. The van der Waals surface area contributed by atoms with E-state index in [2.05, 4.69) is 0 Å². The van der Waals surface area contributed by atoms with Crippen molar-refractivity contribution >= 4 is 36.2 Å². The van der Waals surface area contributed by atoms with Crippen molar-refractivity contribution in [2.75, 3.05) is 0 Å². The van der Waals surface area contributed by atoms with E-state index >= 15 is 0 Å². The van der Waals surface area contributed by atoms with Gasteiger partial charge in [-0.05, 0) is 65.5 Å². The molecule has 4 aromatic heterocycles. The fourth-order valence-electron chi connectivity index (χ4n) is 6.15. The molecule has 45 heavy (non-hydrogen) atoms. The molecule has 4 N–H and O–H groups in total. The van der Waals surface area contributed by atoms with Crippen LogP contribution in [0, 0.1) is 27.7 Å². The van der Waals surface area contributed by atoms with Gasteiger partial charge in [0.25, 0.3) is 0 Å². The molecular weight excluding hydrogens is 615 g/mol. The second kappa shape index (κ2) is 13.1. The van der Waals surface area contributed by atoms with E-state index in [4.69, 9.17) is 19.9 Å². The predicted octanol–water partition coefficient (Wildman–Crippen LogP) is 0.516. The first-order chi connectivity index (χ1) is 20.8. The maximum Gasteiger partial charge on any atom is 0.303 e. The summed E-state index contributed by atoms with van der Waals surface area (Å²) in [4.78, 5) is 42.6. The summed E-state index contributed by atoms with van der Waals surface area (Å²) in [5.41, 5.74) is 8.32. The molecular formula is C34H36MnN4O6-4. The van der Waals surface area contributed by atoms with Crippen LogP contribution in [-0.2, 0) is 39.5 Å². The van der Waals surface area contributed by atoms with Crippen LogP contribution in [0.3, 0.4) is 0 Å². The van der Waals surface area contributed by atoms with Gasteiger partial charge in [0, 0.05) is 29.9 Å². The minimum Gasteiger partial charge on any atom is -0.657 e. The fourth-order valence-corrected chi connectivity index (χ4v) is 6.15. The van der Waals surface area contributed by atoms with E-state index in [0.29, 0.717) is 55.3 Å². The van der Waals surface area contributed by atoms with Gasteiger partial charge >= 0.3 is 11.9 Å². The number of aliphatic carboxylic acids is 2. The summed E-state index contributed by atoms with van der Waals surface area (Å²) in [5, 5.41) is 42.7. The van der Waals surface area contributed by atoms with Crippen LogP contribution in [0.1, 0.15) is 106 Å². The van der Waals surface area contributed by atoms with Gasteiger partial charge in [0.15, 0.2) is 0 Å². The predicted molar refractivity (Wildman–Crippen MR) is 164 cm³/mol. The monoisotopic (exact) mass is 651 g/mol. The van der Waals surface area contributed by atoms with Gasteiger partial charge in [-0.1, -0.05) is 57.7 Å². The number of hydrogen-bond donors (Lipinski definition) is 4. The molecule has 11 heteroatoms. The zero-order valence-corrected chi connectivity index (χ0v) is 27.2. The smallest absolute Gasteiger partial charge is 0.303 e. The van der Waals surface area contributed by atoms with Crippen molar-refractivity contribution in [1.29, 1.82) is 0 Å². The minimum absolute atomic E-state index is 0. The standard InChI is InChI=1S/C34H36N4O6.Mn/c1-15-21(7-9-31(41)42)27-14-28-22(8-10-32(43)44)16(2)24(36-28)12-29-34(20(6)40)18(4)26(38-29)13-30-33(19(5)39)17(3)25(37-30)11-23(15)35-27;/h11-14,19-20,39-40H,7-10H2,1-6H3,(H,41,42)(H,43,44);/q-4;/b23-11?,24-12-,25-11-,26-13?,27-14?,28-14-,29-12?,30-13-;. The molecule has 1 aliphatic heterocycles. The summed E-state index contributed by atoms with van der Waals surface area (Å²) in [6, 6.07) is 0. The summed E-state index contributed by atoms with van der Waals surface area (Å²) in [6.45, 7) is 10.9. The van der Waals surface area contributed by atoms with Crippen molar-refractivity contribution in [2.24, 2.45) is 0 Å². The van der Waals surface area contributed by atoms with Crippen LogP contribution in [0.5, 0.6) is 0 Å². The summed E-state index contributed by atoms with van der Waals surface area (Å²) >= 11 is 0. The van der Waals surface area contributed by atoms with E-state index in [1.165, 1.54) is 0 Å². The van der Waals surface area contributed by atoms with Crippen LogP contribution in [-0.4, -0.2) is 32.4 Å². The average molecular weight is 652 g/mol. The minimum atomic E-state index is -0.931. The molecule has 2 unspecified atom stereocenters. The second-order valence-corrected chi connectivity index (χ2v) is 11.5. The first-order valence-corrected chi connectivity index (χ1v) is 14.6. The van der Waals surface area contributed by atoms with Crippen molar-refractivity contribution < 1.29 is 47.1 Å². The number of fused-ring (bicyclic) bond motifs is 8. The third-order valence-corrected chi connectivity index (χ3v) is 8.49. The van der Waals surface area contributed by atoms with Gasteiger partial charge in [-0.25, -0.2) is 0 Å². The van der Waals surface area contributed by atoms with Crippen molar-refractivity contribution in [1.82, 2.24) is 19.9 Å². The number of aliphatic hydroxyl groups excluding tert-OH is 2. The topological polar surface area (TPSA) is 171 Å². The van der Waals surface area contributed by atoms with Crippen LogP contribution < -0.4 is 41.3 Å². The van der Waals surface area contributed by atoms with E-state index in [1.807, 2.05) is 39.8 Å². The maximum absolute atomic E-state index is 11.5. The zero-order valence-electron chi connectivity index (χ0n) is 26.1. The normalized spacial score (nSPS) is 16.5. The summed E-state index contributed by atoms with van der Waals surface area (Å²) < 4.78 is 0. The molecule has 1 radical (unpaired) electrons. The quantitative estimate of drug-likeness (QED) is 0.173. The first kappa shape index (κ1) is 33.9. The Labute approximate surface area is 270 Å². The summed E-state index contributed by atoms with van der Waals surface area (Å²) in [5.74, 6) is -1.86. The molecule has 4 aromatic rings. The zero-order chi connectivity index (χ0) is 32.0. The number of carboxylic acids is 2. The van der Waals surface area contributed by atoms with Gasteiger partial charge in [-0.2, -0.15) is 0 Å². The molecule has 2 atom stereocenters. The van der Waals surface area contributed by atoms with Gasteiger partial charge in [0.05, 0.1) is 12.2 Å². The van der Waals surface area contributed by atoms with E-state index in [1.54, 1.807) is 26.0 Å². The molecule has 0 aromatic carbocycles. The number of rotatable bonds is 8. The van der Waals surface area contributed by atoms with Gasteiger partial charge in [0.1, 0.15) is 0 Å². The van der Waals surface area contributed by atoms with E-state index < -0.39 is 24.1 Å². The van der Waals surface area contributed by atoms with Crippen LogP contribution >= 0.6 is 0 Å². The van der Waals surface area contributed by atoms with E-state index in [0.717, 1.165) is 33.4 Å². The Kier molecular flexibility index (Phi) is 9.89. The van der Waals surface area contributed by atoms with Crippen LogP contribution in [0.15, 0.2) is 0 Å². The van der Waals surface area contributed by atoms with Crippen LogP contribution in [0.2, 0.25) is 0 Å². The molecule has 1 aliphatic rings. The molecule has 0 saturated carbocycles. The molecule has 0 amide bonds. The Morgan fingerprint density at radius 1 is 0.578 bits per heavy atom. The molecule has 0 fully saturated rings. The van der Waals surface area contributed by atoms with E-state index in [9.17, 15) is 30.0 Å².